The Balaban J connectivity index is 1.63. The van der Waals surface area contributed by atoms with Crippen molar-refractivity contribution in [3.8, 4) is 17.6 Å². The molecule has 0 aromatic heterocycles. The maximum atomic E-state index is 13.5. The molecule has 43 heavy (non-hydrogen) atoms. The second-order valence-corrected chi connectivity index (χ2v) is 13.9. The number of imide groups is 1. The van der Waals surface area contributed by atoms with Crippen molar-refractivity contribution in [1.29, 1.82) is 0 Å². The first-order valence-corrected chi connectivity index (χ1v) is 15.3. The zero-order valence-electron chi connectivity index (χ0n) is 25.8. The molecule has 4 aliphatic rings. The van der Waals surface area contributed by atoms with Crippen molar-refractivity contribution in [2.75, 3.05) is 25.6 Å². The van der Waals surface area contributed by atoms with E-state index < -0.39 is 34.3 Å². The van der Waals surface area contributed by atoms with Gasteiger partial charge < -0.3 is 18.9 Å². The molecular weight excluding hydrogens is 564 g/mol. The van der Waals surface area contributed by atoms with Gasteiger partial charge in [-0.25, -0.2) is 14.6 Å². The van der Waals surface area contributed by atoms with Crippen molar-refractivity contribution >= 4 is 34.7 Å². The van der Waals surface area contributed by atoms with Crippen molar-refractivity contribution in [1.82, 2.24) is 4.90 Å². The van der Waals surface area contributed by atoms with E-state index in [1.807, 2.05) is 49.4 Å². The Morgan fingerprint density at radius 2 is 1.70 bits per heavy atom. The van der Waals surface area contributed by atoms with Crippen LogP contribution in [0.5, 0.6) is 5.75 Å². The van der Waals surface area contributed by atoms with Crippen LogP contribution in [0.1, 0.15) is 59.6 Å². The lowest BCUT2D eigenvalue weighted by atomic mass is 9.64. The van der Waals surface area contributed by atoms with Crippen LogP contribution in [0.4, 0.5) is 9.59 Å². The highest BCUT2D eigenvalue weighted by atomic mass is 32.2. The summed E-state index contributed by atoms with van der Waals surface area (Å²) in [5.74, 6) is 7.33. The average Bonchev–Trinajstić information content (AvgIpc) is 3.28. The van der Waals surface area contributed by atoms with Crippen LogP contribution in [-0.4, -0.2) is 59.0 Å². The third-order valence-corrected chi connectivity index (χ3v) is 8.38. The minimum atomic E-state index is -0.834. The molecule has 1 fully saturated rings. The summed E-state index contributed by atoms with van der Waals surface area (Å²) in [6.45, 7) is 13.6. The third kappa shape index (κ3) is 6.17. The number of ether oxygens (including phenoxy) is 4. The van der Waals surface area contributed by atoms with E-state index in [9.17, 15) is 9.59 Å². The Bertz CT molecular complexity index is 1510. The second kappa shape index (κ2) is 11.4. The first-order chi connectivity index (χ1) is 20.3. The lowest BCUT2D eigenvalue weighted by Crippen LogP contribution is -2.62. The van der Waals surface area contributed by atoms with Gasteiger partial charge in [0.05, 0.1) is 18.6 Å². The summed E-state index contributed by atoms with van der Waals surface area (Å²) in [5.41, 5.74) is 0.802. The molecule has 1 atom stereocenters. The molecule has 1 saturated heterocycles. The van der Waals surface area contributed by atoms with Gasteiger partial charge in [-0.2, -0.15) is 4.90 Å². The highest BCUT2D eigenvalue weighted by molar-refractivity contribution is 8.14. The van der Waals surface area contributed by atoms with Gasteiger partial charge in [-0.15, -0.1) is 5.92 Å². The molecule has 3 heterocycles. The smallest absolute Gasteiger partial charge is 0.426 e. The maximum absolute atomic E-state index is 13.5. The molecule has 2 spiro atoms. The summed E-state index contributed by atoms with van der Waals surface area (Å²) in [6.07, 6.45) is 10.3. The van der Waals surface area contributed by atoms with E-state index in [1.54, 1.807) is 41.5 Å². The van der Waals surface area contributed by atoms with Gasteiger partial charge in [0.1, 0.15) is 29.1 Å². The monoisotopic (exact) mass is 602 g/mol. The van der Waals surface area contributed by atoms with Crippen LogP contribution >= 0.6 is 11.8 Å². The van der Waals surface area contributed by atoms with Gasteiger partial charge in [-0.1, -0.05) is 48.1 Å². The Labute approximate surface area is 257 Å². The number of amides is 2. The van der Waals surface area contributed by atoms with Crippen LogP contribution < -0.4 is 4.74 Å². The van der Waals surface area contributed by atoms with Crippen molar-refractivity contribution in [3.05, 3.63) is 71.4 Å². The lowest BCUT2D eigenvalue weighted by molar-refractivity contribution is -0.176. The maximum Gasteiger partial charge on any atom is 0.426 e. The highest BCUT2D eigenvalue weighted by Gasteiger charge is 2.64. The van der Waals surface area contributed by atoms with E-state index >= 15 is 0 Å². The molecule has 0 bridgehead atoms. The molecule has 0 radical (unpaired) electrons. The van der Waals surface area contributed by atoms with Crippen molar-refractivity contribution in [3.63, 3.8) is 0 Å². The summed E-state index contributed by atoms with van der Waals surface area (Å²) in [6, 6.07) is 6.10. The van der Waals surface area contributed by atoms with E-state index in [1.165, 1.54) is 11.8 Å². The normalized spacial score (nSPS) is 25.9. The number of carbonyl (C=O) groups is 2. The molecule has 1 unspecified atom stereocenters. The van der Waals surface area contributed by atoms with Crippen LogP contribution in [0.2, 0.25) is 0 Å². The van der Waals surface area contributed by atoms with E-state index in [0.717, 1.165) is 27.2 Å². The number of thioether (sulfide) groups is 1. The van der Waals surface area contributed by atoms with Gasteiger partial charge in [0.25, 0.3) is 0 Å². The fourth-order valence-electron chi connectivity index (χ4n) is 5.27. The second-order valence-electron chi connectivity index (χ2n) is 13.0. The molecule has 3 aliphatic heterocycles. The largest absolute Gasteiger partial charge is 0.492 e. The molecule has 2 amide bonds. The van der Waals surface area contributed by atoms with Crippen molar-refractivity contribution in [2.24, 2.45) is 10.4 Å². The molecule has 5 rings (SSSR count). The number of carbonyl (C=O) groups excluding carboxylic acids is 2. The average molecular weight is 603 g/mol. The van der Waals surface area contributed by atoms with Crippen LogP contribution in [0.3, 0.4) is 0 Å². The zero-order chi connectivity index (χ0) is 31.0. The fourth-order valence-corrected chi connectivity index (χ4v) is 6.63. The van der Waals surface area contributed by atoms with E-state index in [-0.39, 0.29) is 5.17 Å². The zero-order valence-corrected chi connectivity index (χ0v) is 26.6. The summed E-state index contributed by atoms with van der Waals surface area (Å²) < 4.78 is 23.3. The predicted molar refractivity (Wildman–Crippen MR) is 169 cm³/mol. The Hall–Kier alpha value is -3.74. The molecule has 1 aromatic rings. The topological polar surface area (TPSA) is 86.7 Å². The number of allylic oxidation sites excluding steroid dienone is 8. The summed E-state index contributed by atoms with van der Waals surface area (Å²) in [5, 5.41) is 0.228. The fraction of sp³-hybridized carbons (Fsp3) is 0.441. The number of benzene rings is 1. The number of nitrogens with zero attached hydrogens (tertiary/aromatic N) is 2. The first-order valence-electron chi connectivity index (χ1n) is 14.3. The standard InChI is InChI=1S/C34H38N2O6S/c1-8-12-23-13-10-9-11-14-24(17-23)25-15-16-27-26(18-25)34(33(21-40-27)19-39-20-33)22-43-28(35-34)36(29(37)41-31(2,3)4)30(38)42-32(5,6)7/h9-11,13-18H,19-22H2,1-7H3/b10-9?,11-9+,13-10+,14-11?,23-13?,23-17-,24-14+,24-17?. The molecule has 0 saturated carbocycles. The third-order valence-electron chi connectivity index (χ3n) is 7.29. The van der Waals surface area contributed by atoms with Crippen LogP contribution in [0, 0.1) is 17.3 Å². The number of rotatable bonds is 1. The predicted octanol–water partition coefficient (Wildman–Crippen LogP) is 7.03. The number of hydrogen-bond acceptors (Lipinski definition) is 8. The summed E-state index contributed by atoms with van der Waals surface area (Å²) in [7, 11) is 0. The van der Waals surface area contributed by atoms with Crippen molar-refractivity contribution < 1.29 is 28.5 Å². The van der Waals surface area contributed by atoms with E-state index in [0.29, 0.717) is 31.3 Å². The minimum Gasteiger partial charge on any atom is -0.492 e. The summed E-state index contributed by atoms with van der Waals surface area (Å²) >= 11 is 1.33. The Morgan fingerprint density at radius 1 is 1.00 bits per heavy atom. The van der Waals surface area contributed by atoms with Gasteiger partial charge in [-0.05, 0) is 83.9 Å². The molecule has 8 nitrogen and oxygen atoms in total. The minimum absolute atomic E-state index is 0.228. The van der Waals surface area contributed by atoms with Gasteiger partial charge in [-0.3, -0.25) is 0 Å². The number of fused-ring (bicyclic) bond motifs is 3. The molecule has 0 N–H and O–H groups in total. The van der Waals surface area contributed by atoms with Gasteiger partial charge in [0, 0.05) is 16.9 Å². The molecule has 1 aliphatic carbocycles. The van der Waals surface area contributed by atoms with Crippen LogP contribution in [-0.2, 0) is 19.7 Å². The van der Waals surface area contributed by atoms with Crippen LogP contribution in [0.15, 0.2) is 65.2 Å². The van der Waals surface area contributed by atoms with Gasteiger partial charge in [0.2, 0.25) is 0 Å². The molecule has 226 valence electrons. The van der Waals surface area contributed by atoms with Crippen LogP contribution in [0.25, 0.3) is 5.57 Å². The molecular formula is C34H38N2O6S. The number of hydrogen-bond donors (Lipinski definition) is 0. The van der Waals surface area contributed by atoms with E-state index in [2.05, 4.69) is 24.0 Å². The quantitative estimate of drug-likeness (QED) is 0.319. The SMILES string of the molecule is CC#CC1=C/C(c2ccc3c(c2)C2(CSC(N(C(=O)OC(C)(C)C)C(=O)OC(C)(C)C)=N2)C2(COC2)CO3)=C\C=C\C=C\1. The van der Waals surface area contributed by atoms with E-state index in [4.69, 9.17) is 23.9 Å². The summed E-state index contributed by atoms with van der Waals surface area (Å²) in [4.78, 5) is 33.1. The number of aliphatic imine (C=N–C) groups is 1. The lowest BCUT2D eigenvalue weighted by Gasteiger charge is -2.54. The number of amidine groups is 1. The molecule has 9 heteroatoms. The van der Waals surface area contributed by atoms with Gasteiger partial charge >= 0.3 is 12.2 Å². The molecule has 1 aromatic carbocycles. The first kappa shape index (κ1) is 30.7. The Morgan fingerprint density at radius 3 is 2.30 bits per heavy atom. The Kier molecular flexibility index (Phi) is 8.14. The van der Waals surface area contributed by atoms with Gasteiger partial charge in [0.15, 0.2) is 5.17 Å². The van der Waals surface area contributed by atoms with Crippen molar-refractivity contribution in [2.45, 2.75) is 65.2 Å². The highest BCUT2D eigenvalue weighted by Crippen LogP contribution is 2.58.